The minimum Gasteiger partial charge on any atom is -1.00 e. The van der Waals surface area contributed by atoms with Crippen molar-refractivity contribution >= 4 is 36.8 Å². The number of carbonyl (C=O) groups excluding carboxylic acids is 1. The largest absolute Gasteiger partial charge is 2.00 e. The van der Waals surface area contributed by atoms with Crippen LogP contribution in [0.3, 0.4) is 0 Å². The third-order valence-electron chi connectivity index (χ3n) is 1.67. The van der Waals surface area contributed by atoms with Gasteiger partial charge in [-0.05, 0) is 0 Å². The van der Waals surface area contributed by atoms with Gasteiger partial charge in [0.2, 0.25) is 0 Å². The van der Waals surface area contributed by atoms with Gasteiger partial charge in [-0.3, -0.25) is 9.79 Å². The second-order valence-electron chi connectivity index (χ2n) is 2.87. The second kappa shape index (κ2) is 10.3. The molecule has 0 bridgehead atoms. The van der Waals surface area contributed by atoms with Gasteiger partial charge in [0.25, 0.3) is 5.76 Å². The summed E-state index contributed by atoms with van der Waals surface area (Å²) < 4.78 is 18.7. The zero-order chi connectivity index (χ0) is 12.5. The maximum Gasteiger partial charge on any atom is 2.00 e. The summed E-state index contributed by atoms with van der Waals surface area (Å²) in [6.45, 7) is -0.814. The predicted octanol–water partition coefficient (Wildman–Crippen LogP) is -1.56. The molecule has 0 aromatic rings. The molecule has 0 aliphatic carbocycles. The fourth-order valence-electron chi connectivity index (χ4n) is 1.02. The first-order valence-electron chi connectivity index (χ1n) is 3.94. The Hall–Kier alpha value is -0.394. The Balaban J connectivity index is -0.000000107. The van der Waals surface area contributed by atoms with Crippen LogP contribution in [0.2, 0.25) is 0 Å². The first kappa shape index (κ1) is 27.9. The maximum absolute atomic E-state index is 11.0. The summed E-state index contributed by atoms with van der Waals surface area (Å²) in [5.74, 6) is -3.39. The molecule has 0 aromatic carbocycles. The van der Waals surface area contributed by atoms with E-state index >= 15 is 0 Å². The van der Waals surface area contributed by atoms with Gasteiger partial charge < -0.3 is 32.9 Å². The molecule has 1 heterocycles. The number of phosphoric acid groups is 1. The van der Waals surface area contributed by atoms with Gasteiger partial charge in [-0.25, -0.2) is 9.36 Å². The Kier molecular flexibility index (Phi) is 14.4. The Morgan fingerprint density at radius 3 is 2.20 bits per heavy atom. The number of aliphatic hydroxyl groups excluding tert-OH is 3. The van der Waals surface area contributed by atoms with Gasteiger partial charge in [0.15, 0.2) is 11.9 Å². The van der Waals surface area contributed by atoms with Gasteiger partial charge in [0.05, 0.1) is 6.61 Å². The molecule has 120 valence electrons. The van der Waals surface area contributed by atoms with Crippen LogP contribution in [0.4, 0.5) is 0 Å². The van der Waals surface area contributed by atoms with Gasteiger partial charge in [0, 0.05) is 0 Å². The summed E-state index contributed by atoms with van der Waals surface area (Å²) in [6.07, 6.45) is -3.21. The molecule has 0 aromatic heterocycles. The second-order valence-corrected chi connectivity index (χ2v) is 4.04. The third kappa shape index (κ3) is 6.86. The van der Waals surface area contributed by atoms with Gasteiger partial charge >= 0.3 is 36.8 Å². The van der Waals surface area contributed by atoms with Crippen molar-refractivity contribution in [1.29, 1.82) is 0 Å². The van der Waals surface area contributed by atoms with E-state index in [0.717, 1.165) is 0 Å². The number of carbonyl (C=O) groups is 1. The summed E-state index contributed by atoms with van der Waals surface area (Å²) >= 11 is 0. The van der Waals surface area contributed by atoms with Crippen molar-refractivity contribution < 1.29 is 52.1 Å². The quantitative estimate of drug-likeness (QED) is 0.230. The monoisotopic (exact) mass is 332 g/mol. The average molecular weight is 333 g/mol. The number of cyclic esters (lactones) is 1. The van der Waals surface area contributed by atoms with Gasteiger partial charge in [-0.1, -0.05) is 14.9 Å². The van der Waals surface area contributed by atoms with E-state index in [9.17, 15) is 14.5 Å². The molecule has 1 aliphatic rings. The number of hydrogen-bond donors (Lipinski definition) is 5. The van der Waals surface area contributed by atoms with Gasteiger partial charge in [-0.2, -0.15) is 0 Å². The van der Waals surface area contributed by atoms with Crippen LogP contribution >= 0.6 is 7.82 Å². The zero-order valence-electron chi connectivity index (χ0n) is 10.9. The van der Waals surface area contributed by atoms with Crippen molar-refractivity contribution in [2.24, 2.45) is 0 Å². The molecule has 2 atom stereocenters. The standard InChI is InChI=1S/C6H9O9P.2CH4.Mg.H2O.2H/c7-1-2(8)4-3(9)5(6(10)14-4)15-16(11,12)13;;;;;;/h2,4,7-9H,1H2,(H2,11,12,13);2*1H4;;1H2;;/q;;;+2;;2*-1/t2-,4+;;;;;;/m0....../s1. The Bertz CT molecular complexity index is 387. The van der Waals surface area contributed by atoms with E-state index in [0.29, 0.717) is 0 Å². The third-order valence-corrected chi connectivity index (χ3v) is 2.09. The van der Waals surface area contributed by atoms with Crippen LogP contribution < -0.4 is 0 Å². The van der Waals surface area contributed by atoms with Crippen molar-refractivity contribution in [3.63, 3.8) is 0 Å². The van der Waals surface area contributed by atoms with Crippen LogP contribution in [0, 0.1) is 0 Å². The summed E-state index contributed by atoms with van der Waals surface area (Å²) in [7, 11) is -5.02. The molecule has 0 unspecified atom stereocenters. The van der Waals surface area contributed by atoms with E-state index in [1.165, 1.54) is 0 Å². The summed E-state index contributed by atoms with van der Waals surface area (Å²) in [6, 6.07) is 0. The fraction of sp³-hybridized carbons (Fsp3) is 0.625. The Labute approximate surface area is 134 Å². The molecule has 1 aliphatic heterocycles. The Morgan fingerprint density at radius 2 is 1.85 bits per heavy atom. The molecule has 0 radical (unpaired) electrons. The number of ether oxygens (including phenoxy) is 1. The molecule has 12 heteroatoms. The van der Waals surface area contributed by atoms with E-state index in [1.54, 1.807) is 0 Å². The Morgan fingerprint density at radius 1 is 1.40 bits per heavy atom. The molecule has 0 saturated carbocycles. The molecule has 0 spiro atoms. The smallest absolute Gasteiger partial charge is 1.00 e. The van der Waals surface area contributed by atoms with Crippen molar-refractivity contribution in [2.75, 3.05) is 6.61 Å². The molecular weight excluding hydrogens is 311 g/mol. The van der Waals surface area contributed by atoms with Gasteiger partial charge in [-0.15, -0.1) is 0 Å². The zero-order valence-corrected chi connectivity index (χ0v) is 11.2. The van der Waals surface area contributed by atoms with Crippen LogP contribution in [0.5, 0.6) is 0 Å². The van der Waals surface area contributed by atoms with E-state index in [-0.39, 0.29) is 46.2 Å². The summed E-state index contributed by atoms with van der Waals surface area (Å²) in [5.41, 5.74) is 0. The molecule has 0 fully saturated rings. The topological polar surface area (TPSA) is 185 Å². The first-order chi connectivity index (χ1) is 7.26. The minimum atomic E-state index is -5.02. The first-order valence-corrected chi connectivity index (χ1v) is 5.47. The van der Waals surface area contributed by atoms with Crippen molar-refractivity contribution in [3.05, 3.63) is 11.5 Å². The van der Waals surface area contributed by atoms with Crippen LogP contribution in [-0.4, -0.2) is 78.4 Å². The van der Waals surface area contributed by atoms with E-state index < -0.39 is 44.1 Å². The number of esters is 1. The SMILES string of the molecule is C.C.O.O=C1O[C@H]([C@@H](O)CO)C(O)=C1OP(=O)(O)O.[H-].[H-].[Mg+2]. The normalized spacial score (nSPS) is 18.6. The van der Waals surface area contributed by atoms with Crippen LogP contribution in [0.25, 0.3) is 0 Å². The summed E-state index contributed by atoms with van der Waals surface area (Å²) in [4.78, 5) is 27.8. The van der Waals surface area contributed by atoms with Crippen molar-refractivity contribution in [1.82, 2.24) is 0 Å². The molecule has 0 saturated heterocycles. The summed E-state index contributed by atoms with van der Waals surface area (Å²) in [5, 5.41) is 26.9. The molecule has 0 amide bonds. The predicted molar refractivity (Wildman–Crippen MR) is 70.8 cm³/mol. The van der Waals surface area contributed by atoms with Gasteiger partial charge in [0.1, 0.15) is 6.10 Å². The van der Waals surface area contributed by atoms with Crippen molar-refractivity contribution in [2.45, 2.75) is 27.1 Å². The number of rotatable bonds is 4. The van der Waals surface area contributed by atoms with Crippen molar-refractivity contribution in [3.8, 4) is 0 Å². The molecule has 1 rings (SSSR count). The fourth-order valence-corrected chi connectivity index (χ4v) is 1.42. The number of hydrogen-bond acceptors (Lipinski definition) is 7. The van der Waals surface area contributed by atoms with E-state index in [2.05, 4.69) is 9.26 Å². The maximum atomic E-state index is 11.0. The molecule has 10 nitrogen and oxygen atoms in total. The number of aliphatic hydroxyl groups is 3. The molecule has 7 N–H and O–H groups in total. The molecular formula is C8H21MgO10P. The number of phosphoric ester groups is 1. The van der Waals surface area contributed by atoms with Crippen LogP contribution in [0.1, 0.15) is 17.7 Å². The van der Waals surface area contributed by atoms with Crippen LogP contribution in [-0.2, 0) is 18.6 Å². The van der Waals surface area contributed by atoms with Crippen LogP contribution in [0.15, 0.2) is 11.5 Å². The van der Waals surface area contributed by atoms with E-state index in [1.807, 2.05) is 0 Å². The average Bonchev–Trinajstić information content (AvgIpc) is 2.42. The molecule has 20 heavy (non-hydrogen) atoms. The van der Waals surface area contributed by atoms with E-state index in [4.69, 9.17) is 20.0 Å². The minimum absolute atomic E-state index is 0.